The Balaban J connectivity index is 1.66. The van der Waals surface area contributed by atoms with E-state index in [0.717, 1.165) is 23.2 Å². The van der Waals surface area contributed by atoms with Crippen molar-refractivity contribution >= 4 is 17.5 Å². The Kier molecular flexibility index (Phi) is 7.96. The highest BCUT2D eigenvalue weighted by Gasteiger charge is 2.24. The Morgan fingerprint density at radius 1 is 1.09 bits per heavy atom. The van der Waals surface area contributed by atoms with Gasteiger partial charge in [-0.25, -0.2) is 4.39 Å². The van der Waals surface area contributed by atoms with Gasteiger partial charge in [-0.15, -0.1) is 0 Å². The number of hydrogen-bond acceptors (Lipinski definition) is 4. The average molecular weight is 437 g/mol. The van der Waals surface area contributed by atoms with E-state index in [0.29, 0.717) is 38.3 Å². The fraction of sp³-hybridized carbons (Fsp3) is 0.400. The summed E-state index contributed by atoms with van der Waals surface area (Å²) in [7, 11) is 0. The van der Waals surface area contributed by atoms with Gasteiger partial charge in [0.15, 0.2) is 0 Å². The van der Waals surface area contributed by atoms with Crippen molar-refractivity contribution in [3.8, 4) is 6.07 Å². The molecule has 0 N–H and O–H groups in total. The van der Waals surface area contributed by atoms with Crippen LogP contribution in [0, 0.1) is 31.0 Å². The fourth-order valence-electron chi connectivity index (χ4n) is 3.98. The number of halogens is 1. The lowest BCUT2D eigenvalue weighted by Crippen LogP contribution is -2.43. The zero-order valence-corrected chi connectivity index (χ0v) is 18.7. The number of aryl methyl sites for hydroxylation is 1. The molecule has 0 unspecified atom stereocenters. The molecular formula is C25H29FN4O2. The third kappa shape index (κ3) is 5.71. The first-order valence-corrected chi connectivity index (χ1v) is 10.9. The number of rotatable bonds is 6. The second kappa shape index (κ2) is 10.9. The van der Waals surface area contributed by atoms with Gasteiger partial charge in [-0.1, -0.05) is 18.2 Å². The topological polar surface area (TPSA) is 67.7 Å². The van der Waals surface area contributed by atoms with Crippen molar-refractivity contribution in [1.82, 2.24) is 9.80 Å². The third-order valence-electron chi connectivity index (χ3n) is 5.92. The Hall–Kier alpha value is -3.24. The first kappa shape index (κ1) is 23.4. The van der Waals surface area contributed by atoms with Crippen LogP contribution in [0.15, 0.2) is 42.5 Å². The summed E-state index contributed by atoms with van der Waals surface area (Å²) >= 11 is 0. The van der Waals surface area contributed by atoms with E-state index in [-0.39, 0.29) is 24.8 Å². The molecule has 0 saturated carbocycles. The van der Waals surface area contributed by atoms with Crippen LogP contribution in [0.1, 0.15) is 34.3 Å². The summed E-state index contributed by atoms with van der Waals surface area (Å²) in [5.74, 6) is -0.677. The van der Waals surface area contributed by atoms with E-state index in [4.69, 9.17) is 5.26 Å². The van der Waals surface area contributed by atoms with Crippen LogP contribution in [0.2, 0.25) is 0 Å². The highest BCUT2D eigenvalue weighted by atomic mass is 19.1. The average Bonchev–Trinajstić information content (AvgIpc) is 3.01. The monoisotopic (exact) mass is 436 g/mol. The zero-order valence-electron chi connectivity index (χ0n) is 18.7. The maximum atomic E-state index is 13.5. The lowest BCUT2D eigenvalue weighted by atomic mass is 10.1. The molecule has 7 heteroatoms. The molecule has 0 bridgehead atoms. The third-order valence-corrected chi connectivity index (χ3v) is 5.92. The van der Waals surface area contributed by atoms with Crippen LogP contribution in [-0.2, 0) is 4.79 Å². The summed E-state index contributed by atoms with van der Waals surface area (Å²) < 4.78 is 13.5. The van der Waals surface area contributed by atoms with Gasteiger partial charge in [0.1, 0.15) is 5.82 Å². The molecule has 1 fully saturated rings. The smallest absolute Gasteiger partial charge is 0.254 e. The van der Waals surface area contributed by atoms with Crippen molar-refractivity contribution in [2.45, 2.75) is 26.7 Å². The molecule has 168 valence electrons. The van der Waals surface area contributed by atoms with Crippen LogP contribution in [0.4, 0.5) is 10.1 Å². The highest BCUT2D eigenvalue weighted by Crippen LogP contribution is 2.23. The molecular weight excluding hydrogens is 407 g/mol. The minimum Gasteiger partial charge on any atom is -0.337 e. The summed E-state index contributed by atoms with van der Waals surface area (Å²) in [6.07, 6.45) is 0.991. The van der Waals surface area contributed by atoms with Crippen LogP contribution >= 0.6 is 0 Å². The van der Waals surface area contributed by atoms with Gasteiger partial charge in [-0.2, -0.15) is 5.26 Å². The minimum atomic E-state index is -0.429. The number of amides is 2. The van der Waals surface area contributed by atoms with Crippen molar-refractivity contribution in [2.75, 3.05) is 44.2 Å². The number of benzene rings is 2. The largest absolute Gasteiger partial charge is 0.337 e. The van der Waals surface area contributed by atoms with Gasteiger partial charge in [0, 0.05) is 44.0 Å². The molecule has 0 aliphatic carbocycles. The molecule has 2 aromatic rings. The van der Waals surface area contributed by atoms with Crippen LogP contribution in [-0.4, -0.2) is 60.9 Å². The summed E-state index contributed by atoms with van der Waals surface area (Å²) in [5, 5.41) is 9.06. The molecule has 0 spiro atoms. The molecule has 1 aliphatic rings. The van der Waals surface area contributed by atoms with E-state index < -0.39 is 5.82 Å². The molecule has 0 aromatic heterocycles. The van der Waals surface area contributed by atoms with Crippen molar-refractivity contribution in [3.63, 3.8) is 0 Å². The minimum absolute atomic E-state index is 0.0566. The lowest BCUT2D eigenvalue weighted by molar-refractivity contribution is -0.119. The lowest BCUT2D eigenvalue weighted by Gasteiger charge is -2.28. The quantitative estimate of drug-likeness (QED) is 0.695. The molecule has 3 rings (SSSR count). The molecule has 1 saturated heterocycles. The predicted molar refractivity (Wildman–Crippen MR) is 122 cm³/mol. The van der Waals surface area contributed by atoms with Crippen molar-refractivity contribution < 1.29 is 14.0 Å². The van der Waals surface area contributed by atoms with E-state index in [2.05, 4.69) is 6.07 Å². The van der Waals surface area contributed by atoms with Crippen molar-refractivity contribution in [2.24, 2.45) is 0 Å². The van der Waals surface area contributed by atoms with Crippen molar-refractivity contribution in [1.29, 1.82) is 5.26 Å². The predicted octanol–water partition coefficient (Wildman–Crippen LogP) is 3.54. The maximum Gasteiger partial charge on any atom is 0.254 e. The Labute approximate surface area is 188 Å². The first-order chi connectivity index (χ1) is 15.4. The summed E-state index contributed by atoms with van der Waals surface area (Å²) in [6.45, 7) is 6.85. The molecule has 1 aliphatic heterocycles. The van der Waals surface area contributed by atoms with Gasteiger partial charge in [-0.3, -0.25) is 14.5 Å². The van der Waals surface area contributed by atoms with Gasteiger partial charge in [-0.05, 0) is 55.7 Å². The molecule has 0 atom stereocenters. The van der Waals surface area contributed by atoms with E-state index in [1.54, 1.807) is 15.9 Å². The summed E-state index contributed by atoms with van der Waals surface area (Å²) in [4.78, 5) is 31.4. The second-order valence-corrected chi connectivity index (χ2v) is 8.10. The highest BCUT2D eigenvalue weighted by molar-refractivity contribution is 5.96. The zero-order chi connectivity index (χ0) is 23.1. The first-order valence-electron chi connectivity index (χ1n) is 10.9. The van der Waals surface area contributed by atoms with E-state index in [9.17, 15) is 14.0 Å². The number of anilines is 1. The van der Waals surface area contributed by atoms with Crippen LogP contribution in [0.25, 0.3) is 0 Å². The molecule has 6 nitrogen and oxygen atoms in total. The van der Waals surface area contributed by atoms with Crippen LogP contribution < -0.4 is 4.90 Å². The van der Waals surface area contributed by atoms with Crippen LogP contribution in [0.5, 0.6) is 0 Å². The molecule has 1 heterocycles. The van der Waals surface area contributed by atoms with Gasteiger partial charge in [0.25, 0.3) is 5.91 Å². The van der Waals surface area contributed by atoms with Crippen LogP contribution in [0.3, 0.4) is 0 Å². The standard InChI is InChI=1S/C25H29FN4O2/c1-19-7-3-10-23(20(19)2)30(14-5-11-27)24(31)18-28-12-6-13-29(16-15-28)25(32)21-8-4-9-22(26)17-21/h3-4,7-10,17H,5-6,12-16,18H2,1-2H3. The van der Waals surface area contributed by atoms with E-state index in [1.165, 1.54) is 18.2 Å². The van der Waals surface area contributed by atoms with E-state index in [1.807, 2.05) is 36.9 Å². The van der Waals surface area contributed by atoms with Gasteiger partial charge >= 0.3 is 0 Å². The fourth-order valence-corrected chi connectivity index (χ4v) is 3.98. The number of carbonyl (C=O) groups excluding carboxylic acids is 2. The molecule has 2 aromatic carbocycles. The Bertz CT molecular complexity index is 1020. The number of carbonyl (C=O) groups is 2. The van der Waals surface area contributed by atoms with Gasteiger partial charge in [0.05, 0.1) is 19.0 Å². The number of nitrogens with zero attached hydrogens (tertiary/aromatic N) is 4. The number of hydrogen-bond donors (Lipinski definition) is 0. The summed E-state index contributed by atoms with van der Waals surface area (Å²) in [6, 6.07) is 13.7. The van der Waals surface area contributed by atoms with E-state index >= 15 is 0 Å². The van der Waals surface area contributed by atoms with Gasteiger partial charge in [0.2, 0.25) is 5.91 Å². The molecule has 0 radical (unpaired) electrons. The van der Waals surface area contributed by atoms with Gasteiger partial charge < -0.3 is 9.80 Å². The molecule has 32 heavy (non-hydrogen) atoms. The second-order valence-electron chi connectivity index (χ2n) is 8.10. The summed E-state index contributed by atoms with van der Waals surface area (Å²) in [5.41, 5.74) is 3.30. The molecule has 2 amide bonds. The Morgan fingerprint density at radius 2 is 1.88 bits per heavy atom. The maximum absolute atomic E-state index is 13.5. The normalized spacial score (nSPS) is 14.5. The number of nitriles is 1. The Morgan fingerprint density at radius 3 is 2.62 bits per heavy atom. The SMILES string of the molecule is Cc1cccc(N(CCC#N)C(=O)CN2CCCN(C(=O)c3cccc(F)c3)CC2)c1C. The van der Waals surface area contributed by atoms with Crippen molar-refractivity contribution in [3.05, 3.63) is 65.0 Å².